The Hall–Kier alpha value is -3.63. The fourth-order valence-corrected chi connectivity index (χ4v) is 5.50. The van der Waals surface area contributed by atoms with E-state index in [0.29, 0.717) is 11.3 Å². The SMILES string of the molecule is COc1ccccc1S(=O)(=O)n1ccc2cnc(Nc3ccc(N4CCN(C)CC4)cc3)nc21. The van der Waals surface area contributed by atoms with Gasteiger partial charge in [0.2, 0.25) is 5.95 Å². The average molecular weight is 479 g/mol. The van der Waals surface area contributed by atoms with E-state index in [-0.39, 0.29) is 16.3 Å². The van der Waals surface area contributed by atoms with Crippen LogP contribution < -0.4 is 15.0 Å². The zero-order valence-corrected chi connectivity index (χ0v) is 19.9. The lowest BCUT2D eigenvalue weighted by Gasteiger charge is -2.34. The first-order valence-electron chi connectivity index (χ1n) is 11.0. The maximum absolute atomic E-state index is 13.4. The van der Waals surface area contributed by atoms with Crippen molar-refractivity contribution in [1.82, 2.24) is 18.8 Å². The van der Waals surface area contributed by atoms with E-state index in [2.05, 4.69) is 44.3 Å². The van der Waals surface area contributed by atoms with Crippen molar-refractivity contribution in [3.8, 4) is 5.75 Å². The first-order valence-corrected chi connectivity index (χ1v) is 12.4. The first kappa shape index (κ1) is 22.2. The molecule has 0 spiro atoms. The van der Waals surface area contributed by atoms with Gasteiger partial charge in [-0.2, -0.15) is 4.98 Å². The molecule has 0 radical (unpaired) electrons. The molecule has 10 heteroatoms. The summed E-state index contributed by atoms with van der Waals surface area (Å²) >= 11 is 0. The van der Waals surface area contributed by atoms with Gasteiger partial charge in [0.15, 0.2) is 5.65 Å². The van der Waals surface area contributed by atoms with Crippen LogP contribution in [0.1, 0.15) is 0 Å². The van der Waals surface area contributed by atoms with Crippen molar-refractivity contribution in [3.05, 3.63) is 67.0 Å². The summed E-state index contributed by atoms with van der Waals surface area (Å²) in [4.78, 5) is 13.6. The maximum Gasteiger partial charge on any atom is 0.273 e. The Labute approximate surface area is 198 Å². The number of hydrogen-bond acceptors (Lipinski definition) is 8. The Morgan fingerprint density at radius 3 is 2.44 bits per heavy atom. The number of nitrogens with one attached hydrogen (secondary N) is 1. The Balaban J connectivity index is 1.41. The standard InChI is InChI=1S/C24H26N6O3S/c1-28-13-15-29(16-14-28)20-9-7-19(8-10-20)26-24-25-17-18-11-12-30(23(18)27-24)34(31,32)22-6-4-3-5-21(22)33-2/h3-12,17H,13-16H2,1-2H3,(H,25,26,27). The summed E-state index contributed by atoms with van der Waals surface area (Å²) in [5, 5.41) is 3.80. The van der Waals surface area contributed by atoms with Gasteiger partial charge in [0.25, 0.3) is 10.0 Å². The van der Waals surface area contributed by atoms with Crippen LogP contribution in [0.5, 0.6) is 5.75 Å². The summed E-state index contributed by atoms with van der Waals surface area (Å²) in [7, 11) is -0.328. The molecule has 0 atom stereocenters. The number of methoxy groups -OCH3 is 1. The van der Waals surface area contributed by atoms with E-state index in [4.69, 9.17) is 4.74 Å². The number of fused-ring (bicyclic) bond motifs is 1. The molecule has 176 valence electrons. The molecule has 0 amide bonds. The van der Waals surface area contributed by atoms with Crippen molar-refractivity contribution >= 4 is 38.4 Å². The number of para-hydroxylation sites is 1. The first-order chi connectivity index (χ1) is 16.5. The minimum atomic E-state index is -3.91. The Bertz CT molecular complexity index is 1410. The maximum atomic E-state index is 13.4. The van der Waals surface area contributed by atoms with Gasteiger partial charge in [-0.05, 0) is 49.5 Å². The number of nitrogens with zero attached hydrogens (tertiary/aromatic N) is 5. The monoisotopic (exact) mass is 478 g/mol. The quantitative estimate of drug-likeness (QED) is 0.452. The Morgan fingerprint density at radius 1 is 0.971 bits per heavy atom. The van der Waals surface area contributed by atoms with Crippen LogP contribution in [0, 0.1) is 0 Å². The predicted molar refractivity (Wildman–Crippen MR) is 133 cm³/mol. The van der Waals surface area contributed by atoms with Crippen LogP contribution in [0.25, 0.3) is 11.0 Å². The third-order valence-corrected chi connectivity index (χ3v) is 7.70. The molecule has 2 aromatic heterocycles. The van der Waals surface area contributed by atoms with Crippen LogP contribution in [0.2, 0.25) is 0 Å². The molecule has 2 aromatic carbocycles. The van der Waals surface area contributed by atoms with Crippen molar-refractivity contribution < 1.29 is 13.2 Å². The number of rotatable bonds is 6. The zero-order valence-electron chi connectivity index (χ0n) is 19.0. The zero-order chi connectivity index (χ0) is 23.7. The van der Waals surface area contributed by atoms with Crippen molar-refractivity contribution in [2.75, 3.05) is 50.6 Å². The topological polar surface area (TPSA) is 92.6 Å². The minimum absolute atomic E-state index is 0.0719. The largest absolute Gasteiger partial charge is 0.495 e. The molecule has 3 heterocycles. The lowest BCUT2D eigenvalue weighted by molar-refractivity contribution is 0.313. The van der Waals surface area contributed by atoms with Crippen LogP contribution in [0.3, 0.4) is 0 Å². The van der Waals surface area contributed by atoms with Crippen LogP contribution >= 0.6 is 0 Å². The van der Waals surface area contributed by atoms with Gasteiger partial charge in [-0.25, -0.2) is 17.4 Å². The molecular weight excluding hydrogens is 452 g/mol. The summed E-state index contributed by atoms with van der Waals surface area (Å²) in [5.74, 6) is 0.590. The van der Waals surface area contributed by atoms with Gasteiger partial charge in [-0.1, -0.05) is 12.1 Å². The average Bonchev–Trinajstić information content (AvgIpc) is 3.29. The van der Waals surface area contributed by atoms with Crippen LogP contribution in [0.15, 0.2) is 71.9 Å². The van der Waals surface area contributed by atoms with Crippen LogP contribution in [0.4, 0.5) is 17.3 Å². The summed E-state index contributed by atoms with van der Waals surface area (Å²) in [6.45, 7) is 4.10. The molecule has 0 saturated carbocycles. The highest BCUT2D eigenvalue weighted by Gasteiger charge is 2.24. The molecule has 0 aliphatic carbocycles. The van der Waals surface area contributed by atoms with E-state index in [1.165, 1.54) is 25.1 Å². The molecule has 5 rings (SSSR count). The molecule has 34 heavy (non-hydrogen) atoms. The molecular formula is C24H26N6O3S. The third kappa shape index (κ3) is 4.17. The smallest absolute Gasteiger partial charge is 0.273 e. The number of aromatic nitrogens is 3. The molecule has 1 fully saturated rings. The second-order valence-electron chi connectivity index (χ2n) is 8.20. The molecule has 1 aliphatic rings. The van der Waals surface area contributed by atoms with Crippen molar-refractivity contribution in [2.45, 2.75) is 4.90 Å². The van der Waals surface area contributed by atoms with Gasteiger partial charge >= 0.3 is 0 Å². The Morgan fingerprint density at radius 2 is 1.71 bits per heavy atom. The van der Waals surface area contributed by atoms with E-state index in [1.54, 1.807) is 30.5 Å². The lowest BCUT2D eigenvalue weighted by Crippen LogP contribution is -2.44. The number of anilines is 3. The third-order valence-electron chi connectivity index (χ3n) is 5.99. The Kier molecular flexibility index (Phi) is 5.84. The van der Waals surface area contributed by atoms with E-state index in [0.717, 1.165) is 35.8 Å². The predicted octanol–water partition coefficient (Wildman–Crippen LogP) is 3.17. The number of piperazine rings is 1. The second kappa shape index (κ2) is 8.96. The lowest BCUT2D eigenvalue weighted by atomic mass is 10.2. The highest BCUT2D eigenvalue weighted by Crippen LogP contribution is 2.28. The molecule has 0 bridgehead atoms. The van der Waals surface area contributed by atoms with Gasteiger partial charge in [0, 0.05) is 55.3 Å². The van der Waals surface area contributed by atoms with Gasteiger partial charge in [-0.3, -0.25) is 0 Å². The summed E-state index contributed by atoms with van der Waals surface area (Å²) in [5.41, 5.74) is 2.28. The van der Waals surface area contributed by atoms with Gasteiger partial charge in [0.05, 0.1) is 7.11 Å². The van der Waals surface area contributed by atoms with Gasteiger partial charge in [-0.15, -0.1) is 0 Å². The molecule has 0 unspecified atom stereocenters. The van der Waals surface area contributed by atoms with Crippen molar-refractivity contribution in [1.29, 1.82) is 0 Å². The summed E-state index contributed by atoms with van der Waals surface area (Å²) in [6, 6.07) is 16.3. The van der Waals surface area contributed by atoms with Gasteiger partial charge < -0.3 is 19.9 Å². The second-order valence-corrected chi connectivity index (χ2v) is 9.99. The van der Waals surface area contributed by atoms with E-state index < -0.39 is 10.0 Å². The molecule has 1 aliphatic heterocycles. The van der Waals surface area contributed by atoms with Crippen LogP contribution in [-0.4, -0.2) is 67.6 Å². The van der Waals surface area contributed by atoms with Crippen molar-refractivity contribution in [3.63, 3.8) is 0 Å². The number of hydrogen-bond donors (Lipinski definition) is 1. The molecule has 9 nitrogen and oxygen atoms in total. The molecule has 4 aromatic rings. The highest BCUT2D eigenvalue weighted by molar-refractivity contribution is 7.90. The number of ether oxygens (including phenoxy) is 1. The summed E-state index contributed by atoms with van der Waals surface area (Å²) < 4.78 is 33.1. The highest BCUT2D eigenvalue weighted by atomic mass is 32.2. The van der Waals surface area contributed by atoms with E-state index in [9.17, 15) is 8.42 Å². The van der Waals surface area contributed by atoms with E-state index in [1.807, 2.05) is 12.1 Å². The van der Waals surface area contributed by atoms with E-state index >= 15 is 0 Å². The molecule has 1 saturated heterocycles. The van der Waals surface area contributed by atoms with Crippen molar-refractivity contribution in [2.24, 2.45) is 0 Å². The fraction of sp³-hybridized carbons (Fsp3) is 0.250. The molecule has 1 N–H and O–H groups in total. The van der Waals surface area contributed by atoms with Crippen LogP contribution in [-0.2, 0) is 10.0 Å². The normalized spacial score (nSPS) is 14.9. The fourth-order valence-electron chi connectivity index (χ4n) is 4.04. The van der Waals surface area contributed by atoms with Gasteiger partial charge in [0.1, 0.15) is 10.6 Å². The minimum Gasteiger partial charge on any atom is -0.495 e. The number of likely N-dealkylation sites (N-methyl/N-ethyl adjacent to an activating group) is 1. The summed E-state index contributed by atoms with van der Waals surface area (Å²) in [6.07, 6.45) is 3.09. The number of benzene rings is 2.